The molecule has 4 nitrogen and oxygen atoms in total. The first kappa shape index (κ1) is 27.6. The minimum atomic E-state index is -0.0496. The van der Waals surface area contributed by atoms with Crippen molar-refractivity contribution in [1.29, 1.82) is 0 Å². The number of ether oxygens (including phenoxy) is 1. The van der Waals surface area contributed by atoms with Gasteiger partial charge < -0.3 is 9.64 Å². The number of carbonyl (C=O) groups excluding carboxylic acids is 1. The van der Waals surface area contributed by atoms with Crippen LogP contribution in [0.4, 0.5) is 0 Å². The van der Waals surface area contributed by atoms with Crippen molar-refractivity contribution in [2.75, 3.05) is 13.2 Å². The summed E-state index contributed by atoms with van der Waals surface area (Å²) in [5, 5.41) is 2.03. The largest absolute Gasteiger partial charge is 0.483 e. The Kier molecular flexibility index (Phi) is 11.5. The van der Waals surface area contributed by atoms with Gasteiger partial charge in [-0.15, -0.1) is 0 Å². The number of rotatable bonds is 10. The lowest BCUT2D eigenvalue weighted by Gasteiger charge is -2.27. The smallest absolute Gasteiger partial charge is 0.260 e. The molecular formula is C31H38N2O2. The molecule has 0 aliphatic heterocycles. The molecular weight excluding hydrogens is 432 g/mol. The summed E-state index contributed by atoms with van der Waals surface area (Å²) >= 11 is 0. The molecule has 3 rings (SSSR count). The molecule has 0 saturated heterocycles. The van der Waals surface area contributed by atoms with Gasteiger partial charge in [0, 0.05) is 30.9 Å². The van der Waals surface area contributed by atoms with E-state index in [-0.39, 0.29) is 18.4 Å². The third-order valence-electron chi connectivity index (χ3n) is 5.72. The van der Waals surface area contributed by atoms with Crippen molar-refractivity contribution in [3.8, 4) is 5.75 Å². The van der Waals surface area contributed by atoms with E-state index >= 15 is 0 Å². The second-order valence-electron chi connectivity index (χ2n) is 8.01. The minimum Gasteiger partial charge on any atom is -0.483 e. The molecule has 0 spiro atoms. The number of fused-ring (bicyclic) bond motifs is 1. The lowest BCUT2D eigenvalue weighted by Crippen LogP contribution is -2.37. The minimum absolute atomic E-state index is 0.0238. The Morgan fingerprint density at radius 2 is 1.74 bits per heavy atom. The molecule has 35 heavy (non-hydrogen) atoms. The summed E-state index contributed by atoms with van der Waals surface area (Å²) in [6, 6.07) is 15.8. The molecule has 1 unspecified atom stereocenters. The number of amides is 1. The van der Waals surface area contributed by atoms with E-state index < -0.39 is 0 Å². The maximum atomic E-state index is 13.3. The summed E-state index contributed by atoms with van der Waals surface area (Å²) < 4.78 is 6.05. The molecule has 0 bridgehead atoms. The van der Waals surface area contributed by atoms with Gasteiger partial charge in [-0.05, 0) is 60.1 Å². The Labute approximate surface area is 210 Å². The average molecular weight is 471 g/mol. The first-order valence-electron chi connectivity index (χ1n) is 12.3. The fraction of sp³-hybridized carbons (Fsp3) is 0.290. The summed E-state index contributed by atoms with van der Waals surface area (Å²) in [5.41, 5.74) is 3.29. The van der Waals surface area contributed by atoms with Crippen LogP contribution in [0.25, 0.3) is 16.8 Å². The van der Waals surface area contributed by atoms with E-state index in [0.717, 1.165) is 21.9 Å². The highest BCUT2D eigenvalue weighted by Gasteiger charge is 2.19. The van der Waals surface area contributed by atoms with Crippen LogP contribution in [0.2, 0.25) is 0 Å². The lowest BCUT2D eigenvalue weighted by atomic mass is 9.99. The van der Waals surface area contributed by atoms with E-state index in [1.165, 1.54) is 5.57 Å². The Bertz CT molecular complexity index is 1150. The van der Waals surface area contributed by atoms with Gasteiger partial charge in [0.1, 0.15) is 5.75 Å². The van der Waals surface area contributed by atoms with Gasteiger partial charge in [0.25, 0.3) is 5.91 Å². The number of carbonyl (C=O) groups is 1. The summed E-state index contributed by atoms with van der Waals surface area (Å²) in [5.74, 6) is 0.848. The molecule has 184 valence electrons. The number of nitrogens with zero attached hydrogens (tertiary/aromatic N) is 2. The SMILES string of the molecule is C=Cc1ccc(OCC(=O)N(Cc2ccncc2)CC(C)C(/C=C\C)=C/C)c2ccccc12.CC. The molecule has 0 N–H and O–H groups in total. The zero-order valence-corrected chi connectivity index (χ0v) is 21.7. The van der Waals surface area contributed by atoms with Crippen LogP contribution in [0, 0.1) is 5.92 Å². The third kappa shape index (κ3) is 7.68. The molecule has 0 fully saturated rings. The van der Waals surface area contributed by atoms with Crippen LogP contribution in [0.1, 0.15) is 45.7 Å². The summed E-state index contributed by atoms with van der Waals surface area (Å²) in [6.45, 7) is 15.2. The topological polar surface area (TPSA) is 42.4 Å². The monoisotopic (exact) mass is 470 g/mol. The van der Waals surface area contributed by atoms with Crippen molar-refractivity contribution >= 4 is 22.8 Å². The van der Waals surface area contributed by atoms with Crippen LogP contribution in [-0.2, 0) is 11.3 Å². The highest BCUT2D eigenvalue weighted by molar-refractivity contribution is 5.95. The number of hydrogen-bond acceptors (Lipinski definition) is 3. The van der Waals surface area contributed by atoms with E-state index in [2.05, 4.69) is 30.6 Å². The second kappa shape index (κ2) is 14.6. The number of benzene rings is 2. The van der Waals surface area contributed by atoms with E-state index in [9.17, 15) is 4.79 Å². The molecule has 0 saturated carbocycles. The van der Waals surface area contributed by atoms with Gasteiger partial charge in [-0.3, -0.25) is 9.78 Å². The summed E-state index contributed by atoms with van der Waals surface area (Å²) in [6.07, 6.45) is 11.6. The van der Waals surface area contributed by atoms with Crippen LogP contribution >= 0.6 is 0 Å². The Hall–Kier alpha value is -3.66. The van der Waals surface area contributed by atoms with E-state index in [0.29, 0.717) is 18.8 Å². The van der Waals surface area contributed by atoms with Gasteiger partial charge in [0.15, 0.2) is 6.61 Å². The highest BCUT2D eigenvalue weighted by atomic mass is 16.5. The molecule has 1 heterocycles. The van der Waals surface area contributed by atoms with E-state index in [1.807, 2.05) is 93.3 Å². The van der Waals surface area contributed by atoms with Crippen molar-refractivity contribution in [3.63, 3.8) is 0 Å². The first-order chi connectivity index (χ1) is 17.1. The van der Waals surface area contributed by atoms with Crippen LogP contribution < -0.4 is 4.74 Å². The number of aromatic nitrogens is 1. The first-order valence-corrected chi connectivity index (χ1v) is 12.3. The van der Waals surface area contributed by atoms with Gasteiger partial charge >= 0.3 is 0 Å². The Balaban J connectivity index is 0.00000210. The van der Waals surface area contributed by atoms with Gasteiger partial charge in [-0.1, -0.05) is 82.0 Å². The molecule has 0 aliphatic rings. The van der Waals surface area contributed by atoms with Crippen LogP contribution in [0.5, 0.6) is 5.75 Å². The van der Waals surface area contributed by atoms with Crippen LogP contribution in [0.15, 0.2) is 91.3 Å². The quantitative estimate of drug-likeness (QED) is 0.289. The molecule has 1 aromatic heterocycles. The van der Waals surface area contributed by atoms with Gasteiger partial charge in [-0.2, -0.15) is 0 Å². The normalized spacial score (nSPS) is 12.1. The predicted molar refractivity (Wildman–Crippen MR) is 148 cm³/mol. The maximum absolute atomic E-state index is 13.3. The van der Waals surface area contributed by atoms with Crippen LogP contribution in [0.3, 0.4) is 0 Å². The van der Waals surface area contributed by atoms with E-state index in [1.54, 1.807) is 12.4 Å². The Morgan fingerprint density at radius 1 is 1.06 bits per heavy atom. The third-order valence-corrected chi connectivity index (χ3v) is 5.72. The number of hydrogen-bond donors (Lipinski definition) is 0. The van der Waals surface area contributed by atoms with Gasteiger partial charge in [0.05, 0.1) is 0 Å². The molecule has 2 aromatic carbocycles. The van der Waals surface area contributed by atoms with Crippen molar-refractivity contribution in [2.45, 2.75) is 41.2 Å². The van der Waals surface area contributed by atoms with E-state index in [4.69, 9.17) is 4.74 Å². The van der Waals surface area contributed by atoms with Crippen molar-refractivity contribution in [2.24, 2.45) is 5.92 Å². The summed E-state index contributed by atoms with van der Waals surface area (Å²) in [7, 11) is 0. The molecule has 1 amide bonds. The Morgan fingerprint density at radius 3 is 2.37 bits per heavy atom. The standard InChI is InChI=1S/C29H32N2O2.C2H6/c1-5-10-24(6-2)22(4)19-31(20-23-15-17-30-18-16-23)29(32)21-33-28-14-13-25(7-3)26-11-8-9-12-27(26)28;1-2/h5-18,22H,3,19-21H2,1-2,4H3;1-2H3/b10-5-,24-6+;. The fourth-order valence-electron chi connectivity index (χ4n) is 3.97. The average Bonchev–Trinajstić information content (AvgIpc) is 2.91. The predicted octanol–water partition coefficient (Wildman–Crippen LogP) is 7.47. The molecule has 1 atom stereocenters. The molecule has 0 aliphatic carbocycles. The van der Waals surface area contributed by atoms with Crippen LogP contribution in [-0.4, -0.2) is 28.9 Å². The molecule has 3 aromatic rings. The van der Waals surface area contributed by atoms with Gasteiger partial charge in [0.2, 0.25) is 0 Å². The number of pyridine rings is 1. The van der Waals surface area contributed by atoms with Crippen molar-refractivity contribution < 1.29 is 9.53 Å². The van der Waals surface area contributed by atoms with Crippen molar-refractivity contribution in [1.82, 2.24) is 9.88 Å². The highest BCUT2D eigenvalue weighted by Crippen LogP contribution is 2.29. The molecule has 0 radical (unpaired) electrons. The molecule has 4 heteroatoms. The summed E-state index contributed by atoms with van der Waals surface area (Å²) in [4.78, 5) is 19.3. The second-order valence-corrected chi connectivity index (χ2v) is 8.01. The van der Waals surface area contributed by atoms with Crippen molar-refractivity contribution in [3.05, 3.63) is 102 Å². The fourth-order valence-corrected chi connectivity index (χ4v) is 3.97. The number of allylic oxidation sites excluding steroid dienone is 3. The zero-order chi connectivity index (χ0) is 25.6. The lowest BCUT2D eigenvalue weighted by molar-refractivity contribution is -0.134. The zero-order valence-electron chi connectivity index (χ0n) is 21.7. The van der Waals surface area contributed by atoms with Gasteiger partial charge in [-0.25, -0.2) is 0 Å². The maximum Gasteiger partial charge on any atom is 0.260 e.